The zero-order chi connectivity index (χ0) is 13.0. The molecular weight excluding hydrogens is 216 g/mol. The van der Waals surface area contributed by atoms with Gasteiger partial charge in [-0.1, -0.05) is 23.8 Å². The number of likely N-dealkylation sites (N-methyl/N-ethyl adjacent to an activating group) is 1. The molecular formula is C13H18N2O2. The van der Waals surface area contributed by atoms with Crippen LogP contribution in [0.1, 0.15) is 25.0 Å². The molecule has 1 N–H and O–H groups in total. The van der Waals surface area contributed by atoms with E-state index < -0.39 is 0 Å². The van der Waals surface area contributed by atoms with Gasteiger partial charge in [0.1, 0.15) is 0 Å². The highest BCUT2D eigenvalue weighted by atomic mass is 16.6. The fourth-order valence-electron chi connectivity index (χ4n) is 1.53. The largest absolute Gasteiger partial charge is 0.314 e. The van der Waals surface area contributed by atoms with E-state index in [4.69, 9.17) is 0 Å². The molecule has 0 radical (unpaired) electrons. The van der Waals surface area contributed by atoms with Gasteiger partial charge in [-0.2, -0.15) is 0 Å². The van der Waals surface area contributed by atoms with Gasteiger partial charge in [-0.3, -0.25) is 10.1 Å². The molecule has 1 aromatic carbocycles. The first-order valence-corrected chi connectivity index (χ1v) is 5.56. The molecule has 0 saturated heterocycles. The second-order valence-corrected chi connectivity index (χ2v) is 4.20. The van der Waals surface area contributed by atoms with Crippen molar-refractivity contribution in [3.8, 4) is 0 Å². The summed E-state index contributed by atoms with van der Waals surface area (Å²) in [5.74, 6) is 0. The number of hydrogen-bond donors (Lipinski definition) is 1. The molecule has 0 saturated carbocycles. The summed E-state index contributed by atoms with van der Waals surface area (Å²) < 4.78 is 0. The zero-order valence-electron chi connectivity index (χ0n) is 10.7. The van der Waals surface area contributed by atoms with Crippen molar-refractivity contribution in [1.82, 2.24) is 5.32 Å². The van der Waals surface area contributed by atoms with E-state index in [0.717, 1.165) is 11.1 Å². The number of aryl methyl sites for hydroxylation is 1. The molecule has 0 aliphatic carbocycles. The standard InChI is InChI=1S/C13H18N2O2/c1-9-5-6-12(8-13(9)15(16)17)7-10(2)11(3)14-4/h5-8,11,14H,1-4H3/b10-7+. The molecule has 1 unspecified atom stereocenters. The van der Waals surface area contributed by atoms with Crippen LogP contribution in [0.5, 0.6) is 0 Å². The van der Waals surface area contributed by atoms with Gasteiger partial charge in [-0.25, -0.2) is 0 Å². The summed E-state index contributed by atoms with van der Waals surface area (Å²) in [7, 11) is 1.89. The Kier molecular flexibility index (Phi) is 4.40. The highest BCUT2D eigenvalue weighted by molar-refractivity contribution is 5.58. The van der Waals surface area contributed by atoms with Crippen molar-refractivity contribution in [2.24, 2.45) is 0 Å². The first kappa shape index (κ1) is 13.4. The summed E-state index contributed by atoms with van der Waals surface area (Å²) in [5, 5.41) is 14.0. The van der Waals surface area contributed by atoms with E-state index in [2.05, 4.69) is 12.2 Å². The van der Waals surface area contributed by atoms with Crippen LogP contribution in [0, 0.1) is 17.0 Å². The maximum absolute atomic E-state index is 10.8. The smallest absolute Gasteiger partial charge is 0.272 e. The van der Waals surface area contributed by atoms with Crippen molar-refractivity contribution in [3.05, 3.63) is 45.0 Å². The van der Waals surface area contributed by atoms with E-state index in [1.54, 1.807) is 19.1 Å². The van der Waals surface area contributed by atoms with Gasteiger partial charge in [0.2, 0.25) is 0 Å². The summed E-state index contributed by atoms with van der Waals surface area (Å²) in [5.41, 5.74) is 2.86. The molecule has 92 valence electrons. The summed E-state index contributed by atoms with van der Waals surface area (Å²) in [6, 6.07) is 5.55. The number of nitro groups is 1. The predicted octanol–water partition coefficient (Wildman–Crippen LogP) is 2.91. The van der Waals surface area contributed by atoms with Gasteiger partial charge >= 0.3 is 0 Å². The van der Waals surface area contributed by atoms with Gasteiger partial charge in [-0.05, 0) is 33.4 Å². The van der Waals surface area contributed by atoms with Gasteiger partial charge in [0.25, 0.3) is 5.69 Å². The second-order valence-electron chi connectivity index (χ2n) is 4.20. The van der Waals surface area contributed by atoms with Crippen molar-refractivity contribution in [1.29, 1.82) is 0 Å². The minimum absolute atomic E-state index is 0.170. The Morgan fingerprint density at radius 3 is 2.71 bits per heavy atom. The van der Waals surface area contributed by atoms with Gasteiger partial charge in [0, 0.05) is 17.7 Å². The van der Waals surface area contributed by atoms with Crippen LogP contribution in [0.25, 0.3) is 6.08 Å². The highest BCUT2D eigenvalue weighted by Gasteiger charge is 2.10. The van der Waals surface area contributed by atoms with Gasteiger partial charge in [-0.15, -0.1) is 0 Å². The number of nitrogens with zero attached hydrogens (tertiary/aromatic N) is 1. The Morgan fingerprint density at radius 2 is 2.18 bits per heavy atom. The third-order valence-corrected chi connectivity index (χ3v) is 2.94. The maximum Gasteiger partial charge on any atom is 0.272 e. The van der Waals surface area contributed by atoms with E-state index in [9.17, 15) is 10.1 Å². The molecule has 1 atom stereocenters. The van der Waals surface area contributed by atoms with Crippen LogP contribution >= 0.6 is 0 Å². The van der Waals surface area contributed by atoms with E-state index in [0.29, 0.717) is 5.56 Å². The predicted molar refractivity (Wildman–Crippen MR) is 70.0 cm³/mol. The average molecular weight is 234 g/mol. The van der Waals surface area contributed by atoms with Crippen molar-refractivity contribution in [2.45, 2.75) is 26.8 Å². The van der Waals surface area contributed by atoms with Crippen LogP contribution in [0.15, 0.2) is 23.8 Å². The summed E-state index contributed by atoms with van der Waals surface area (Å²) in [4.78, 5) is 10.5. The summed E-state index contributed by atoms with van der Waals surface area (Å²) in [6.45, 7) is 5.80. The molecule has 0 fully saturated rings. The molecule has 0 aliphatic heterocycles. The van der Waals surface area contributed by atoms with Crippen LogP contribution in [0.2, 0.25) is 0 Å². The van der Waals surface area contributed by atoms with Gasteiger partial charge in [0.05, 0.1) is 4.92 Å². The van der Waals surface area contributed by atoms with Crippen molar-refractivity contribution < 1.29 is 4.92 Å². The first-order chi connectivity index (χ1) is 7.95. The third-order valence-electron chi connectivity index (χ3n) is 2.94. The molecule has 0 amide bonds. The van der Waals surface area contributed by atoms with Crippen molar-refractivity contribution in [3.63, 3.8) is 0 Å². The number of hydrogen-bond acceptors (Lipinski definition) is 3. The monoisotopic (exact) mass is 234 g/mol. The molecule has 0 heterocycles. The fraction of sp³-hybridized carbons (Fsp3) is 0.385. The van der Waals surface area contributed by atoms with Crippen molar-refractivity contribution >= 4 is 11.8 Å². The van der Waals surface area contributed by atoms with Crippen LogP contribution in [0.4, 0.5) is 5.69 Å². The van der Waals surface area contributed by atoms with E-state index in [1.807, 2.05) is 26.1 Å². The van der Waals surface area contributed by atoms with Gasteiger partial charge < -0.3 is 5.32 Å². The summed E-state index contributed by atoms with van der Waals surface area (Å²) >= 11 is 0. The van der Waals surface area contributed by atoms with E-state index >= 15 is 0 Å². The minimum Gasteiger partial charge on any atom is -0.314 e. The highest BCUT2D eigenvalue weighted by Crippen LogP contribution is 2.21. The Hall–Kier alpha value is -1.68. The second kappa shape index (κ2) is 5.59. The Morgan fingerprint density at radius 1 is 1.53 bits per heavy atom. The van der Waals surface area contributed by atoms with Crippen LogP contribution in [-0.2, 0) is 0 Å². The number of nitro benzene ring substituents is 1. The molecule has 1 rings (SSSR count). The first-order valence-electron chi connectivity index (χ1n) is 5.56. The molecule has 0 aromatic heterocycles. The van der Waals surface area contributed by atoms with E-state index in [-0.39, 0.29) is 16.7 Å². The Labute approximate surface area is 101 Å². The lowest BCUT2D eigenvalue weighted by Gasteiger charge is -2.10. The molecule has 4 nitrogen and oxygen atoms in total. The van der Waals surface area contributed by atoms with E-state index in [1.165, 1.54) is 0 Å². The third kappa shape index (κ3) is 3.39. The van der Waals surface area contributed by atoms with Crippen molar-refractivity contribution in [2.75, 3.05) is 7.05 Å². The normalized spacial score (nSPS) is 13.5. The van der Waals surface area contributed by atoms with Gasteiger partial charge in [0.15, 0.2) is 0 Å². The topological polar surface area (TPSA) is 55.2 Å². The lowest BCUT2D eigenvalue weighted by Crippen LogP contribution is -2.21. The average Bonchev–Trinajstić information content (AvgIpc) is 2.30. The SMILES string of the molecule is CNC(C)/C(C)=C/c1ccc(C)c([N+](=O)[O-])c1. The minimum atomic E-state index is -0.344. The van der Waals surface area contributed by atoms with Crippen LogP contribution in [-0.4, -0.2) is 18.0 Å². The molecule has 1 aromatic rings. The maximum atomic E-state index is 10.8. The Bertz CT molecular complexity index is 453. The number of rotatable bonds is 4. The number of nitrogens with one attached hydrogen (secondary N) is 1. The lowest BCUT2D eigenvalue weighted by molar-refractivity contribution is -0.385. The van der Waals surface area contributed by atoms with Crippen LogP contribution < -0.4 is 5.32 Å². The molecule has 0 spiro atoms. The molecule has 0 aliphatic rings. The molecule has 17 heavy (non-hydrogen) atoms. The summed E-state index contributed by atoms with van der Waals surface area (Å²) in [6.07, 6.45) is 1.97. The Balaban J connectivity index is 3.09. The molecule has 4 heteroatoms. The quantitative estimate of drug-likeness (QED) is 0.643. The lowest BCUT2D eigenvalue weighted by atomic mass is 10.0. The fourth-order valence-corrected chi connectivity index (χ4v) is 1.53. The van der Waals surface area contributed by atoms with Crippen LogP contribution in [0.3, 0.4) is 0 Å². The number of benzene rings is 1. The molecule has 0 bridgehead atoms. The zero-order valence-corrected chi connectivity index (χ0v) is 10.7.